The minimum Gasteiger partial charge on any atom is -0.378 e. The number of aromatic nitrogens is 2. The molecule has 0 fully saturated rings. The van der Waals surface area contributed by atoms with E-state index < -0.39 is 4.92 Å². The van der Waals surface area contributed by atoms with E-state index in [2.05, 4.69) is 9.97 Å². The molecule has 0 saturated carbocycles. The van der Waals surface area contributed by atoms with Crippen LogP contribution >= 0.6 is 11.8 Å². The fourth-order valence-electron chi connectivity index (χ4n) is 1.15. The van der Waals surface area contributed by atoms with Gasteiger partial charge in [0.05, 0.1) is 4.92 Å². The zero-order chi connectivity index (χ0) is 11.6. The van der Waals surface area contributed by atoms with Gasteiger partial charge in [0.15, 0.2) is 5.16 Å². The molecule has 6 nitrogen and oxygen atoms in total. The van der Waals surface area contributed by atoms with Gasteiger partial charge < -0.3 is 5.73 Å². The Bertz CT molecular complexity index is 394. The van der Waals surface area contributed by atoms with Crippen molar-refractivity contribution in [3.63, 3.8) is 0 Å². The van der Waals surface area contributed by atoms with E-state index in [0.717, 1.165) is 0 Å². The van der Waals surface area contributed by atoms with Gasteiger partial charge in [-0.1, -0.05) is 25.6 Å². The summed E-state index contributed by atoms with van der Waals surface area (Å²) in [5.74, 6) is -0.121. The van der Waals surface area contributed by atoms with Gasteiger partial charge in [-0.3, -0.25) is 10.1 Å². The van der Waals surface area contributed by atoms with E-state index in [-0.39, 0.29) is 17.4 Å². The Morgan fingerprint density at radius 1 is 1.47 bits per heavy atom. The number of rotatable bonds is 3. The maximum atomic E-state index is 10.8. The lowest BCUT2D eigenvalue weighted by molar-refractivity contribution is -0.385. The van der Waals surface area contributed by atoms with E-state index in [1.54, 1.807) is 6.26 Å². The Hall–Kier alpha value is -1.37. The van der Waals surface area contributed by atoms with Crippen molar-refractivity contribution in [2.75, 3.05) is 12.0 Å². The van der Waals surface area contributed by atoms with E-state index in [1.165, 1.54) is 11.8 Å². The number of nitro groups is 1. The molecule has 0 aliphatic rings. The summed E-state index contributed by atoms with van der Waals surface area (Å²) in [7, 11) is 0. The first-order chi connectivity index (χ1) is 6.97. The van der Waals surface area contributed by atoms with Crippen LogP contribution in [-0.2, 0) is 0 Å². The van der Waals surface area contributed by atoms with Crippen LogP contribution in [0.1, 0.15) is 25.5 Å². The largest absolute Gasteiger partial charge is 0.378 e. The van der Waals surface area contributed by atoms with E-state index in [0.29, 0.717) is 10.9 Å². The molecule has 0 atom stereocenters. The molecule has 0 radical (unpaired) electrons. The van der Waals surface area contributed by atoms with E-state index in [4.69, 9.17) is 5.73 Å². The summed E-state index contributed by atoms with van der Waals surface area (Å²) < 4.78 is 0. The van der Waals surface area contributed by atoms with Gasteiger partial charge in [-0.2, -0.15) is 4.98 Å². The second kappa shape index (κ2) is 4.43. The first kappa shape index (κ1) is 11.7. The van der Waals surface area contributed by atoms with Gasteiger partial charge in [0, 0.05) is 5.92 Å². The van der Waals surface area contributed by atoms with Crippen LogP contribution in [0.3, 0.4) is 0 Å². The molecular weight excluding hydrogens is 216 g/mol. The molecule has 0 unspecified atom stereocenters. The zero-order valence-corrected chi connectivity index (χ0v) is 9.54. The van der Waals surface area contributed by atoms with Gasteiger partial charge in [-0.25, -0.2) is 4.98 Å². The Kier molecular flexibility index (Phi) is 3.46. The van der Waals surface area contributed by atoms with Crippen molar-refractivity contribution >= 4 is 23.3 Å². The fraction of sp³-hybridized carbons (Fsp3) is 0.500. The second-order valence-corrected chi connectivity index (χ2v) is 4.01. The quantitative estimate of drug-likeness (QED) is 0.367. The Balaban J connectivity index is 3.42. The van der Waals surface area contributed by atoms with Crippen LogP contribution in [-0.4, -0.2) is 21.1 Å². The number of thioether (sulfide) groups is 1. The lowest BCUT2D eigenvalue weighted by atomic mass is 10.1. The minimum atomic E-state index is -0.533. The van der Waals surface area contributed by atoms with Crippen LogP contribution in [0.15, 0.2) is 5.16 Å². The van der Waals surface area contributed by atoms with Crippen molar-refractivity contribution in [2.24, 2.45) is 0 Å². The molecule has 0 saturated heterocycles. The molecule has 0 amide bonds. The lowest BCUT2D eigenvalue weighted by Crippen LogP contribution is -2.08. The summed E-state index contributed by atoms with van der Waals surface area (Å²) in [6.07, 6.45) is 1.80. The summed E-state index contributed by atoms with van der Waals surface area (Å²) in [4.78, 5) is 18.2. The van der Waals surface area contributed by atoms with Crippen molar-refractivity contribution in [3.8, 4) is 0 Å². The van der Waals surface area contributed by atoms with Gasteiger partial charge in [-0.05, 0) is 6.26 Å². The van der Waals surface area contributed by atoms with E-state index in [9.17, 15) is 10.1 Å². The number of hydrogen-bond donors (Lipinski definition) is 1. The monoisotopic (exact) mass is 228 g/mol. The minimum absolute atomic E-state index is 0.0541. The standard InChI is InChI=1S/C8H12N4O2S/c1-4(2)5-6(12(13)14)7(9)11-8(10-5)15-3/h4H,1-3H3,(H2,9,10,11). The average Bonchev–Trinajstić information content (AvgIpc) is 2.15. The molecule has 0 spiro atoms. The predicted molar refractivity (Wildman–Crippen MR) is 59.0 cm³/mol. The summed E-state index contributed by atoms with van der Waals surface area (Å²) >= 11 is 1.31. The molecule has 1 heterocycles. The highest BCUT2D eigenvalue weighted by atomic mass is 32.2. The molecular formula is C8H12N4O2S. The average molecular weight is 228 g/mol. The number of nitrogens with zero attached hydrogens (tertiary/aromatic N) is 3. The third-order valence-corrected chi connectivity index (χ3v) is 2.38. The molecule has 0 bridgehead atoms. The molecule has 7 heteroatoms. The molecule has 2 N–H and O–H groups in total. The number of anilines is 1. The molecule has 1 aromatic rings. The van der Waals surface area contributed by atoms with Crippen molar-refractivity contribution < 1.29 is 4.92 Å². The topological polar surface area (TPSA) is 94.9 Å². The highest BCUT2D eigenvalue weighted by molar-refractivity contribution is 7.98. The molecule has 0 aromatic carbocycles. The lowest BCUT2D eigenvalue weighted by Gasteiger charge is -2.08. The molecule has 1 rings (SSSR count). The highest BCUT2D eigenvalue weighted by Crippen LogP contribution is 2.30. The zero-order valence-electron chi connectivity index (χ0n) is 8.72. The van der Waals surface area contributed by atoms with Gasteiger partial charge in [0.2, 0.25) is 5.82 Å². The molecule has 82 valence electrons. The van der Waals surface area contributed by atoms with Gasteiger partial charge in [0.25, 0.3) is 0 Å². The normalized spacial score (nSPS) is 10.7. The number of nitrogens with two attached hydrogens (primary N) is 1. The Morgan fingerprint density at radius 2 is 2.07 bits per heavy atom. The number of nitrogen functional groups attached to an aromatic ring is 1. The molecule has 1 aromatic heterocycles. The van der Waals surface area contributed by atoms with Crippen LogP contribution < -0.4 is 5.73 Å². The van der Waals surface area contributed by atoms with E-state index >= 15 is 0 Å². The maximum absolute atomic E-state index is 10.8. The fourth-order valence-corrected chi connectivity index (χ4v) is 1.53. The third-order valence-electron chi connectivity index (χ3n) is 1.83. The van der Waals surface area contributed by atoms with Crippen LogP contribution in [0.2, 0.25) is 0 Å². The summed E-state index contributed by atoms with van der Waals surface area (Å²) in [5, 5.41) is 11.2. The SMILES string of the molecule is CSc1nc(N)c([N+](=O)[O-])c(C(C)C)n1. The highest BCUT2D eigenvalue weighted by Gasteiger charge is 2.24. The van der Waals surface area contributed by atoms with Gasteiger partial charge in [-0.15, -0.1) is 0 Å². The van der Waals surface area contributed by atoms with Gasteiger partial charge >= 0.3 is 5.69 Å². The van der Waals surface area contributed by atoms with Crippen LogP contribution in [0.4, 0.5) is 11.5 Å². The predicted octanol–water partition coefficient (Wildman–Crippen LogP) is 1.81. The van der Waals surface area contributed by atoms with Crippen LogP contribution in [0, 0.1) is 10.1 Å². The summed E-state index contributed by atoms with van der Waals surface area (Å²) in [6.45, 7) is 3.66. The third kappa shape index (κ3) is 2.35. The number of hydrogen-bond acceptors (Lipinski definition) is 6. The van der Waals surface area contributed by atoms with E-state index in [1.807, 2.05) is 13.8 Å². The van der Waals surface area contributed by atoms with Crippen molar-refractivity contribution in [1.29, 1.82) is 0 Å². The van der Waals surface area contributed by atoms with Crippen molar-refractivity contribution in [1.82, 2.24) is 9.97 Å². The molecule has 0 aliphatic heterocycles. The van der Waals surface area contributed by atoms with Gasteiger partial charge in [0.1, 0.15) is 5.69 Å². The summed E-state index contributed by atoms with van der Waals surface area (Å²) in [5.41, 5.74) is 5.74. The van der Waals surface area contributed by atoms with Crippen molar-refractivity contribution in [2.45, 2.75) is 24.9 Å². The first-order valence-corrected chi connectivity index (χ1v) is 5.55. The smallest absolute Gasteiger partial charge is 0.332 e. The van der Waals surface area contributed by atoms with Crippen LogP contribution in [0.25, 0.3) is 0 Å². The molecule has 0 aliphatic carbocycles. The molecule has 15 heavy (non-hydrogen) atoms. The Labute approximate surface area is 91.4 Å². The first-order valence-electron chi connectivity index (χ1n) is 4.33. The second-order valence-electron chi connectivity index (χ2n) is 3.24. The maximum Gasteiger partial charge on any atom is 0.332 e. The van der Waals surface area contributed by atoms with Crippen molar-refractivity contribution in [3.05, 3.63) is 15.8 Å². The summed E-state index contributed by atoms with van der Waals surface area (Å²) in [6, 6.07) is 0. The Morgan fingerprint density at radius 3 is 2.47 bits per heavy atom. The van der Waals surface area contributed by atoms with Crippen LogP contribution in [0.5, 0.6) is 0 Å².